The fraction of sp³-hybridized carbons (Fsp3) is 0.316. The Morgan fingerprint density at radius 3 is 2.77 bits per heavy atom. The lowest BCUT2D eigenvalue weighted by molar-refractivity contribution is -0.142. The van der Waals surface area contributed by atoms with Crippen LogP contribution in [0, 0.1) is 13.8 Å². The van der Waals surface area contributed by atoms with Gasteiger partial charge in [0.15, 0.2) is 5.13 Å². The van der Waals surface area contributed by atoms with E-state index in [4.69, 9.17) is 9.15 Å². The van der Waals surface area contributed by atoms with Crippen LogP contribution in [0.1, 0.15) is 29.3 Å². The molecule has 3 aromatic rings. The SMILES string of the molecule is CCOC(=O)Cc1csc(NC(=O)Cc2coc3cc(C)c(C)cc23)n1. The number of ether oxygens (including phenoxy) is 1. The zero-order valence-electron chi connectivity index (χ0n) is 14.9. The molecule has 7 heteroatoms. The normalized spacial score (nSPS) is 10.9. The molecule has 0 unspecified atom stereocenters. The molecule has 0 saturated carbocycles. The second-order valence-corrected chi connectivity index (χ2v) is 6.90. The monoisotopic (exact) mass is 372 g/mol. The first-order valence-electron chi connectivity index (χ1n) is 8.33. The quantitative estimate of drug-likeness (QED) is 0.666. The molecule has 6 nitrogen and oxygen atoms in total. The number of carbonyl (C=O) groups excluding carboxylic acids is 2. The number of amides is 1. The van der Waals surface area contributed by atoms with Crippen LogP contribution in [-0.2, 0) is 27.2 Å². The van der Waals surface area contributed by atoms with Gasteiger partial charge in [-0.25, -0.2) is 4.98 Å². The van der Waals surface area contributed by atoms with Gasteiger partial charge in [-0.15, -0.1) is 11.3 Å². The standard InChI is InChI=1S/C19H20N2O4S/c1-4-24-18(23)8-14-10-26-19(20-14)21-17(22)7-13-9-25-16-6-12(3)11(2)5-15(13)16/h5-6,9-10H,4,7-8H2,1-3H3,(H,20,21,22). The van der Waals surface area contributed by atoms with Crippen molar-refractivity contribution in [3.05, 3.63) is 46.2 Å². The second-order valence-electron chi connectivity index (χ2n) is 6.04. The Kier molecular flexibility index (Phi) is 5.37. The molecule has 2 aromatic heterocycles. The number of hydrogen-bond acceptors (Lipinski definition) is 6. The molecule has 26 heavy (non-hydrogen) atoms. The smallest absolute Gasteiger partial charge is 0.311 e. The lowest BCUT2D eigenvalue weighted by atomic mass is 10.0. The number of aryl methyl sites for hydroxylation is 2. The van der Waals surface area contributed by atoms with E-state index in [1.54, 1.807) is 18.6 Å². The lowest BCUT2D eigenvalue weighted by Gasteiger charge is -2.02. The van der Waals surface area contributed by atoms with Crippen LogP contribution in [0.4, 0.5) is 5.13 Å². The van der Waals surface area contributed by atoms with Gasteiger partial charge in [0.1, 0.15) is 5.58 Å². The van der Waals surface area contributed by atoms with Gasteiger partial charge in [-0.2, -0.15) is 0 Å². The number of nitrogens with one attached hydrogen (secondary N) is 1. The first-order chi connectivity index (χ1) is 12.5. The molecule has 0 aliphatic rings. The van der Waals surface area contributed by atoms with Gasteiger partial charge in [0.05, 0.1) is 31.4 Å². The number of rotatable bonds is 6. The Balaban J connectivity index is 1.65. The fourth-order valence-corrected chi connectivity index (χ4v) is 3.34. The van der Waals surface area contributed by atoms with E-state index >= 15 is 0 Å². The van der Waals surface area contributed by atoms with Crippen LogP contribution in [0.15, 0.2) is 28.2 Å². The van der Waals surface area contributed by atoms with Crippen molar-refractivity contribution in [3.8, 4) is 0 Å². The van der Waals surface area contributed by atoms with E-state index in [-0.39, 0.29) is 24.7 Å². The number of nitrogens with zero attached hydrogens (tertiary/aromatic N) is 1. The zero-order chi connectivity index (χ0) is 18.7. The van der Waals surface area contributed by atoms with Gasteiger partial charge in [-0.3, -0.25) is 9.59 Å². The van der Waals surface area contributed by atoms with E-state index in [9.17, 15) is 9.59 Å². The number of anilines is 1. The number of hydrogen-bond donors (Lipinski definition) is 1. The summed E-state index contributed by atoms with van der Waals surface area (Å²) in [5, 5.41) is 5.93. The summed E-state index contributed by atoms with van der Waals surface area (Å²) in [6.07, 6.45) is 1.92. The van der Waals surface area contributed by atoms with Crippen molar-refractivity contribution in [2.75, 3.05) is 11.9 Å². The third-order valence-corrected chi connectivity index (χ3v) is 4.86. The summed E-state index contributed by atoms with van der Waals surface area (Å²) in [5.41, 5.74) is 4.51. The lowest BCUT2D eigenvalue weighted by Crippen LogP contribution is -2.14. The molecule has 1 N–H and O–H groups in total. The summed E-state index contributed by atoms with van der Waals surface area (Å²) in [4.78, 5) is 28.1. The molecule has 0 spiro atoms. The van der Waals surface area contributed by atoms with Crippen LogP contribution >= 0.6 is 11.3 Å². The third-order valence-electron chi connectivity index (χ3n) is 4.05. The number of esters is 1. The van der Waals surface area contributed by atoms with E-state index in [1.165, 1.54) is 11.3 Å². The molecule has 1 aromatic carbocycles. The van der Waals surface area contributed by atoms with E-state index in [1.807, 2.05) is 26.0 Å². The number of benzene rings is 1. The van der Waals surface area contributed by atoms with Crippen LogP contribution in [0.2, 0.25) is 0 Å². The van der Waals surface area contributed by atoms with Gasteiger partial charge in [-0.05, 0) is 44.0 Å². The predicted molar refractivity (Wildman–Crippen MR) is 100 cm³/mol. The number of thiazole rings is 1. The molecule has 136 valence electrons. The Bertz CT molecular complexity index is 958. The van der Waals surface area contributed by atoms with Gasteiger partial charge in [0, 0.05) is 16.3 Å². The average molecular weight is 372 g/mol. The minimum Gasteiger partial charge on any atom is -0.466 e. The maximum Gasteiger partial charge on any atom is 0.311 e. The van der Waals surface area contributed by atoms with Gasteiger partial charge < -0.3 is 14.5 Å². The largest absolute Gasteiger partial charge is 0.466 e. The maximum atomic E-state index is 12.3. The Morgan fingerprint density at radius 2 is 2.00 bits per heavy atom. The van der Waals surface area contributed by atoms with Crippen molar-refractivity contribution in [2.45, 2.75) is 33.6 Å². The third kappa shape index (κ3) is 4.11. The van der Waals surface area contributed by atoms with Crippen LogP contribution in [0.3, 0.4) is 0 Å². The highest BCUT2D eigenvalue weighted by molar-refractivity contribution is 7.13. The minimum atomic E-state index is -0.328. The van der Waals surface area contributed by atoms with Crippen molar-refractivity contribution in [1.82, 2.24) is 4.98 Å². The summed E-state index contributed by atoms with van der Waals surface area (Å²) < 4.78 is 10.5. The molecular weight excluding hydrogens is 352 g/mol. The molecule has 0 bridgehead atoms. The number of fused-ring (bicyclic) bond motifs is 1. The molecule has 0 aliphatic carbocycles. The molecule has 1 amide bonds. The molecule has 0 aliphatic heterocycles. The van der Waals surface area contributed by atoms with Crippen LogP contribution in [-0.4, -0.2) is 23.5 Å². The highest BCUT2D eigenvalue weighted by Crippen LogP contribution is 2.25. The molecule has 0 saturated heterocycles. The Morgan fingerprint density at radius 1 is 1.23 bits per heavy atom. The summed E-state index contributed by atoms with van der Waals surface area (Å²) in [6.45, 7) is 6.16. The van der Waals surface area contributed by atoms with E-state index < -0.39 is 0 Å². The molecular formula is C19H20N2O4S. The van der Waals surface area contributed by atoms with Gasteiger partial charge in [0.2, 0.25) is 5.91 Å². The van der Waals surface area contributed by atoms with Gasteiger partial charge in [-0.1, -0.05) is 0 Å². The average Bonchev–Trinajstić information content (AvgIpc) is 3.16. The van der Waals surface area contributed by atoms with Crippen molar-refractivity contribution < 1.29 is 18.7 Å². The molecule has 3 rings (SSSR count). The Hall–Kier alpha value is -2.67. The van der Waals surface area contributed by atoms with E-state index in [0.29, 0.717) is 17.4 Å². The first-order valence-corrected chi connectivity index (χ1v) is 9.21. The molecule has 2 heterocycles. The minimum absolute atomic E-state index is 0.102. The predicted octanol–water partition coefficient (Wildman–Crippen LogP) is 3.79. The highest BCUT2D eigenvalue weighted by Gasteiger charge is 2.14. The van der Waals surface area contributed by atoms with Crippen LogP contribution < -0.4 is 5.32 Å². The molecule has 0 radical (unpaired) electrons. The number of aromatic nitrogens is 1. The summed E-state index contributed by atoms with van der Waals surface area (Å²) >= 11 is 1.28. The van der Waals surface area contributed by atoms with E-state index in [2.05, 4.69) is 10.3 Å². The fourth-order valence-electron chi connectivity index (χ4n) is 2.62. The van der Waals surface area contributed by atoms with Crippen molar-refractivity contribution in [3.63, 3.8) is 0 Å². The van der Waals surface area contributed by atoms with Crippen molar-refractivity contribution >= 4 is 39.3 Å². The van der Waals surface area contributed by atoms with Gasteiger partial charge >= 0.3 is 5.97 Å². The topological polar surface area (TPSA) is 81.4 Å². The summed E-state index contributed by atoms with van der Waals surface area (Å²) in [6, 6.07) is 4.02. The van der Waals surface area contributed by atoms with Crippen LogP contribution in [0.25, 0.3) is 11.0 Å². The summed E-state index contributed by atoms with van der Waals surface area (Å²) in [7, 11) is 0. The van der Waals surface area contributed by atoms with E-state index in [0.717, 1.165) is 27.7 Å². The summed E-state index contributed by atoms with van der Waals surface area (Å²) in [5.74, 6) is -0.505. The zero-order valence-corrected chi connectivity index (χ0v) is 15.7. The number of carbonyl (C=O) groups is 2. The van der Waals surface area contributed by atoms with Gasteiger partial charge in [0.25, 0.3) is 0 Å². The Labute approximate surface area is 155 Å². The molecule has 0 atom stereocenters. The van der Waals surface area contributed by atoms with Crippen molar-refractivity contribution in [2.24, 2.45) is 0 Å². The first kappa shape index (κ1) is 18.1. The van der Waals surface area contributed by atoms with Crippen molar-refractivity contribution in [1.29, 1.82) is 0 Å². The molecule has 0 fully saturated rings. The highest BCUT2D eigenvalue weighted by atomic mass is 32.1. The maximum absolute atomic E-state index is 12.3. The number of furan rings is 1. The second kappa shape index (κ2) is 7.70. The van der Waals surface area contributed by atoms with Crippen LogP contribution in [0.5, 0.6) is 0 Å².